The van der Waals surface area contributed by atoms with E-state index >= 15 is 0 Å². The Hall–Kier alpha value is -4.50. The maximum atomic E-state index is 13.9. The highest BCUT2D eigenvalue weighted by Crippen LogP contribution is 2.32. The molecule has 37 heavy (non-hydrogen) atoms. The van der Waals surface area contributed by atoms with Crippen molar-refractivity contribution in [3.05, 3.63) is 100 Å². The van der Waals surface area contributed by atoms with Crippen LogP contribution in [0, 0.1) is 5.82 Å². The Morgan fingerprint density at radius 3 is 2.46 bits per heavy atom. The van der Waals surface area contributed by atoms with Gasteiger partial charge in [0.25, 0.3) is 17.7 Å². The quantitative estimate of drug-likeness (QED) is 0.316. The fraction of sp³-hybridized carbons (Fsp3) is 0.111. The van der Waals surface area contributed by atoms with Crippen LogP contribution in [0.2, 0.25) is 0 Å². The van der Waals surface area contributed by atoms with Crippen LogP contribution < -0.4 is 15.5 Å². The van der Waals surface area contributed by atoms with E-state index in [9.17, 15) is 23.6 Å². The number of hydrogen-bond donors (Lipinski definition) is 2. The SMILES string of the molecule is CCCOC(=O)c1ccccc1N1C(=O)C(Cl)=C(Nc2cccc(C(=O)Nc3ccccc3F)c2)C1=O. The summed E-state index contributed by atoms with van der Waals surface area (Å²) in [6.07, 6.45) is 0.605. The van der Waals surface area contributed by atoms with Crippen molar-refractivity contribution in [3.8, 4) is 0 Å². The molecular weight excluding hydrogens is 501 g/mol. The number of anilines is 3. The summed E-state index contributed by atoms with van der Waals surface area (Å²) in [7, 11) is 0. The largest absolute Gasteiger partial charge is 0.462 e. The molecule has 0 saturated carbocycles. The summed E-state index contributed by atoms with van der Waals surface area (Å²) in [5.74, 6) is -3.45. The second kappa shape index (κ2) is 11.0. The number of carbonyl (C=O) groups excluding carboxylic acids is 4. The molecule has 0 saturated heterocycles. The van der Waals surface area contributed by atoms with E-state index in [0.717, 1.165) is 4.90 Å². The number of carbonyl (C=O) groups is 4. The van der Waals surface area contributed by atoms with E-state index in [1.165, 1.54) is 42.5 Å². The van der Waals surface area contributed by atoms with Crippen molar-refractivity contribution in [1.82, 2.24) is 0 Å². The number of ether oxygens (including phenoxy) is 1. The van der Waals surface area contributed by atoms with Gasteiger partial charge in [0, 0.05) is 11.3 Å². The molecule has 1 heterocycles. The van der Waals surface area contributed by atoms with E-state index in [1.54, 1.807) is 30.3 Å². The Bertz CT molecular complexity index is 1440. The van der Waals surface area contributed by atoms with E-state index < -0.39 is 29.5 Å². The molecule has 4 rings (SSSR count). The Labute approximate surface area is 216 Å². The molecule has 0 radical (unpaired) electrons. The standard InChI is InChI=1S/C27H21ClFN3O5/c1-2-14-37-27(36)18-10-3-6-13-21(18)32-25(34)22(28)23(26(32)35)30-17-9-7-8-16(15-17)24(33)31-20-12-5-4-11-19(20)29/h3-13,15,30H,2,14H2,1H3,(H,31,33). The molecule has 0 aromatic heterocycles. The molecular formula is C27H21ClFN3O5. The van der Waals surface area contributed by atoms with E-state index in [2.05, 4.69) is 10.6 Å². The molecule has 1 aliphatic heterocycles. The number of esters is 1. The zero-order chi connectivity index (χ0) is 26.5. The first-order valence-electron chi connectivity index (χ1n) is 11.3. The average molecular weight is 522 g/mol. The molecule has 0 atom stereocenters. The summed E-state index contributed by atoms with van der Waals surface area (Å²) in [5, 5.41) is 4.88. The lowest BCUT2D eigenvalue weighted by Crippen LogP contribution is -2.33. The molecule has 3 aromatic rings. The van der Waals surface area contributed by atoms with Gasteiger partial charge in [-0.2, -0.15) is 0 Å². The summed E-state index contributed by atoms with van der Waals surface area (Å²) in [4.78, 5) is 52.1. The molecule has 188 valence electrons. The third-order valence-electron chi connectivity index (χ3n) is 5.35. The zero-order valence-electron chi connectivity index (χ0n) is 19.6. The topological polar surface area (TPSA) is 105 Å². The Morgan fingerprint density at radius 2 is 1.70 bits per heavy atom. The third kappa shape index (κ3) is 5.36. The normalized spacial score (nSPS) is 13.1. The van der Waals surface area contributed by atoms with Crippen molar-refractivity contribution in [2.24, 2.45) is 0 Å². The van der Waals surface area contributed by atoms with Crippen LogP contribution in [-0.2, 0) is 14.3 Å². The minimum Gasteiger partial charge on any atom is -0.462 e. The van der Waals surface area contributed by atoms with Gasteiger partial charge in [0.1, 0.15) is 16.5 Å². The highest BCUT2D eigenvalue weighted by molar-refractivity contribution is 6.53. The number of imide groups is 1. The Balaban J connectivity index is 1.56. The Kier molecular flexibility index (Phi) is 7.64. The van der Waals surface area contributed by atoms with Gasteiger partial charge in [-0.1, -0.05) is 48.9 Å². The predicted molar refractivity (Wildman–Crippen MR) is 137 cm³/mol. The second-order valence-corrected chi connectivity index (χ2v) is 8.31. The fourth-order valence-electron chi connectivity index (χ4n) is 3.58. The number of nitrogens with zero attached hydrogens (tertiary/aromatic N) is 1. The van der Waals surface area contributed by atoms with E-state index in [1.807, 2.05) is 6.92 Å². The zero-order valence-corrected chi connectivity index (χ0v) is 20.3. The fourth-order valence-corrected chi connectivity index (χ4v) is 3.80. The summed E-state index contributed by atoms with van der Waals surface area (Å²) in [6.45, 7) is 2.02. The first-order chi connectivity index (χ1) is 17.8. The number of halogens is 2. The number of benzene rings is 3. The van der Waals surface area contributed by atoms with Crippen LogP contribution in [-0.4, -0.2) is 30.3 Å². The lowest BCUT2D eigenvalue weighted by molar-refractivity contribution is -0.120. The molecule has 0 aliphatic carbocycles. The monoisotopic (exact) mass is 521 g/mol. The van der Waals surface area contributed by atoms with Crippen LogP contribution >= 0.6 is 11.6 Å². The van der Waals surface area contributed by atoms with E-state index in [4.69, 9.17) is 16.3 Å². The highest BCUT2D eigenvalue weighted by atomic mass is 35.5. The lowest BCUT2D eigenvalue weighted by Gasteiger charge is -2.18. The molecule has 3 amide bonds. The minimum absolute atomic E-state index is 0.0138. The number of nitrogens with one attached hydrogen (secondary N) is 2. The molecule has 0 spiro atoms. The second-order valence-electron chi connectivity index (χ2n) is 7.93. The van der Waals surface area contributed by atoms with Gasteiger partial charge in [-0.25, -0.2) is 14.1 Å². The van der Waals surface area contributed by atoms with Gasteiger partial charge in [-0.05, 0) is 48.9 Å². The van der Waals surface area contributed by atoms with Gasteiger partial charge >= 0.3 is 5.97 Å². The van der Waals surface area contributed by atoms with Crippen molar-refractivity contribution in [3.63, 3.8) is 0 Å². The number of para-hydroxylation sites is 2. The van der Waals surface area contributed by atoms with Gasteiger partial charge in [-0.15, -0.1) is 0 Å². The van der Waals surface area contributed by atoms with Crippen LogP contribution in [0.3, 0.4) is 0 Å². The first kappa shape index (κ1) is 25.6. The van der Waals surface area contributed by atoms with Gasteiger partial charge in [0.2, 0.25) is 0 Å². The van der Waals surface area contributed by atoms with Gasteiger partial charge in [0.05, 0.1) is 23.5 Å². The summed E-state index contributed by atoms with van der Waals surface area (Å²) < 4.78 is 19.1. The molecule has 8 nitrogen and oxygen atoms in total. The summed E-state index contributed by atoms with van der Waals surface area (Å²) in [5.41, 5.74) is 0.312. The van der Waals surface area contributed by atoms with Crippen molar-refractivity contribution in [1.29, 1.82) is 0 Å². The molecule has 0 bridgehead atoms. The molecule has 0 unspecified atom stereocenters. The van der Waals surface area contributed by atoms with Crippen molar-refractivity contribution < 1.29 is 28.3 Å². The van der Waals surface area contributed by atoms with Gasteiger partial charge in [0.15, 0.2) is 0 Å². The third-order valence-corrected chi connectivity index (χ3v) is 5.70. The Morgan fingerprint density at radius 1 is 0.973 bits per heavy atom. The maximum absolute atomic E-state index is 13.9. The smallest absolute Gasteiger partial charge is 0.340 e. The highest BCUT2D eigenvalue weighted by Gasteiger charge is 2.40. The summed E-state index contributed by atoms with van der Waals surface area (Å²) >= 11 is 6.23. The maximum Gasteiger partial charge on any atom is 0.340 e. The van der Waals surface area contributed by atoms with Crippen LogP contribution in [0.5, 0.6) is 0 Å². The number of hydrogen-bond acceptors (Lipinski definition) is 6. The van der Waals surface area contributed by atoms with Crippen LogP contribution in [0.15, 0.2) is 83.5 Å². The first-order valence-corrected chi connectivity index (χ1v) is 11.7. The van der Waals surface area contributed by atoms with Crippen LogP contribution in [0.25, 0.3) is 0 Å². The predicted octanol–water partition coefficient (Wildman–Crippen LogP) is 5.08. The lowest BCUT2D eigenvalue weighted by atomic mass is 10.1. The number of amides is 3. The van der Waals surface area contributed by atoms with E-state index in [0.29, 0.717) is 6.42 Å². The summed E-state index contributed by atoms with van der Waals surface area (Å²) in [6, 6.07) is 17.8. The van der Waals surface area contributed by atoms with Gasteiger partial charge < -0.3 is 15.4 Å². The molecule has 0 fully saturated rings. The van der Waals surface area contributed by atoms with Gasteiger partial charge in [-0.3, -0.25) is 14.4 Å². The minimum atomic E-state index is -0.821. The molecule has 10 heteroatoms. The van der Waals surface area contributed by atoms with Crippen LogP contribution in [0.1, 0.15) is 34.1 Å². The van der Waals surface area contributed by atoms with Crippen LogP contribution in [0.4, 0.5) is 21.5 Å². The van der Waals surface area contributed by atoms with Crippen molar-refractivity contribution in [2.75, 3.05) is 22.1 Å². The number of rotatable bonds is 8. The van der Waals surface area contributed by atoms with Crippen molar-refractivity contribution in [2.45, 2.75) is 13.3 Å². The molecule has 2 N–H and O–H groups in total. The van der Waals surface area contributed by atoms with Crippen molar-refractivity contribution >= 4 is 52.4 Å². The molecule has 3 aromatic carbocycles. The van der Waals surface area contributed by atoms with E-state index in [-0.39, 0.29) is 45.5 Å². The molecule has 1 aliphatic rings. The average Bonchev–Trinajstić information content (AvgIpc) is 3.11.